The molecule has 0 atom stereocenters. The van der Waals surface area contributed by atoms with Gasteiger partial charge < -0.3 is 0 Å². The number of hydrogen-bond donors (Lipinski definition) is 0. The largest absolute Gasteiger partial charge is 0.270 e. The van der Waals surface area contributed by atoms with Gasteiger partial charge in [0.25, 0.3) is 5.91 Å². The molecule has 1 aliphatic rings. The zero-order valence-corrected chi connectivity index (χ0v) is 16.2. The molecule has 1 saturated heterocycles. The average Bonchev–Trinajstić information content (AvgIpc) is 2.90. The third-order valence-electron chi connectivity index (χ3n) is 4.57. The Bertz CT molecular complexity index is 1060. The molecule has 3 aromatic carbocycles. The summed E-state index contributed by atoms with van der Waals surface area (Å²) in [5.41, 5.74) is 4.03. The van der Waals surface area contributed by atoms with E-state index in [-0.39, 0.29) is 5.91 Å². The first-order valence-corrected chi connectivity index (χ1v) is 9.60. The minimum absolute atomic E-state index is 0.0506. The summed E-state index contributed by atoms with van der Waals surface area (Å²) in [5.74, 6) is -0.0506. The van der Waals surface area contributed by atoms with Crippen molar-refractivity contribution in [2.75, 3.05) is 4.90 Å². The SMILES string of the molecule is Cc1cccc(C)c1N1C(=O)/C(=C/c2cccc3ccccc23)SC1=S. The fourth-order valence-corrected chi connectivity index (χ4v) is 4.60. The maximum atomic E-state index is 13.1. The van der Waals surface area contributed by atoms with Crippen molar-refractivity contribution in [3.63, 3.8) is 0 Å². The van der Waals surface area contributed by atoms with E-state index in [1.54, 1.807) is 4.90 Å². The van der Waals surface area contributed by atoms with Gasteiger partial charge in [-0.25, -0.2) is 0 Å². The number of benzene rings is 3. The first-order chi connectivity index (χ1) is 12.6. The van der Waals surface area contributed by atoms with E-state index in [1.165, 1.54) is 11.8 Å². The minimum atomic E-state index is -0.0506. The van der Waals surface area contributed by atoms with Gasteiger partial charge in [-0.1, -0.05) is 84.6 Å². The Kier molecular flexibility index (Phi) is 4.39. The molecule has 0 unspecified atom stereocenters. The summed E-state index contributed by atoms with van der Waals surface area (Å²) in [6.45, 7) is 4.02. The number of thiocarbonyl (C=S) groups is 1. The van der Waals surface area contributed by atoms with Crippen molar-refractivity contribution < 1.29 is 4.79 Å². The van der Waals surface area contributed by atoms with E-state index in [0.29, 0.717) is 9.23 Å². The number of rotatable bonds is 2. The lowest BCUT2D eigenvalue weighted by Gasteiger charge is -2.19. The topological polar surface area (TPSA) is 20.3 Å². The van der Waals surface area contributed by atoms with Gasteiger partial charge in [0.15, 0.2) is 4.32 Å². The lowest BCUT2D eigenvalue weighted by molar-refractivity contribution is -0.113. The Labute approximate surface area is 162 Å². The predicted octanol–water partition coefficient (Wildman–Crippen LogP) is 5.86. The van der Waals surface area contributed by atoms with Gasteiger partial charge in [-0.2, -0.15) is 0 Å². The summed E-state index contributed by atoms with van der Waals surface area (Å²) >= 11 is 6.90. The van der Waals surface area contributed by atoms with Gasteiger partial charge in [0.2, 0.25) is 0 Å². The van der Waals surface area contributed by atoms with E-state index in [0.717, 1.165) is 33.2 Å². The molecule has 1 heterocycles. The molecule has 26 heavy (non-hydrogen) atoms. The quantitative estimate of drug-likeness (QED) is 0.413. The number of anilines is 1. The number of nitrogens with zero attached hydrogens (tertiary/aromatic N) is 1. The van der Waals surface area contributed by atoms with Crippen LogP contribution in [0, 0.1) is 13.8 Å². The molecule has 4 heteroatoms. The van der Waals surface area contributed by atoms with Gasteiger partial charge in [-0.3, -0.25) is 9.69 Å². The van der Waals surface area contributed by atoms with Crippen molar-refractivity contribution in [3.05, 3.63) is 82.3 Å². The van der Waals surface area contributed by atoms with Crippen LogP contribution in [0.25, 0.3) is 16.8 Å². The minimum Gasteiger partial charge on any atom is -0.268 e. The number of fused-ring (bicyclic) bond motifs is 1. The second-order valence-electron chi connectivity index (χ2n) is 6.33. The molecule has 0 saturated carbocycles. The number of carbonyl (C=O) groups is 1. The Hall–Kier alpha value is -2.43. The molecule has 1 aliphatic heterocycles. The van der Waals surface area contributed by atoms with Crippen molar-refractivity contribution in [1.29, 1.82) is 0 Å². The van der Waals surface area contributed by atoms with Gasteiger partial charge in [0.1, 0.15) is 0 Å². The molecule has 0 spiro atoms. The van der Waals surface area contributed by atoms with Crippen LogP contribution in [0.3, 0.4) is 0 Å². The number of thioether (sulfide) groups is 1. The number of aryl methyl sites for hydroxylation is 2. The van der Waals surface area contributed by atoms with Crippen molar-refractivity contribution in [2.45, 2.75) is 13.8 Å². The van der Waals surface area contributed by atoms with E-state index in [9.17, 15) is 4.79 Å². The molecule has 4 rings (SSSR count). The van der Waals surface area contributed by atoms with Gasteiger partial charge >= 0.3 is 0 Å². The van der Waals surface area contributed by atoms with Crippen LogP contribution >= 0.6 is 24.0 Å². The monoisotopic (exact) mass is 375 g/mol. The summed E-state index contributed by atoms with van der Waals surface area (Å²) in [6.07, 6.45) is 1.95. The highest BCUT2D eigenvalue weighted by molar-refractivity contribution is 8.27. The Balaban J connectivity index is 1.79. The highest BCUT2D eigenvalue weighted by atomic mass is 32.2. The maximum Gasteiger partial charge on any atom is 0.270 e. The molecule has 0 N–H and O–H groups in total. The molecule has 3 aromatic rings. The molecular formula is C22H17NOS2. The van der Waals surface area contributed by atoms with Crippen LogP contribution in [-0.2, 0) is 4.79 Å². The Morgan fingerprint density at radius 3 is 2.35 bits per heavy atom. The van der Waals surface area contributed by atoms with Crippen molar-refractivity contribution in [2.24, 2.45) is 0 Å². The normalized spacial score (nSPS) is 16.1. The van der Waals surface area contributed by atoms with E-state index in [2.05, 4.69) is 18.2 Å². The molecule has 0 aliphatic carbocycles. The Morgan fingerprint density at radius 1 is 0.923 bits per heavy atom. The van der Waals surface area contributed by atoms with Crippen LogP contribution < -0.4 is 4.90 Å². The summed E-state index contributed by atoms with van der Waals surface area (Å²) in [5, 5.41) is 2.29. The van der Waals surface area contributed by atoms with E-state index in [4.69, 9.17) is 12.2 Å². The molecule has 0 aromatic heterocycles. The zero-order chi connectivity index (χ0) is 18.3. The first kappa shape index (κ1) is 17.0. The van der Waals surface area contributed by atoms with Gasteiger partial charge in [0.05, 0.1) is 10.6 Å². The average molecular weight is 376 g/mol. The molecule has 0 radical (unpaired) electrons. The molecule has 1 amide bonds. The van der Waals surface area contributed by atoms with Gasteiger partial charge in [0, 0.05) is 0 Å². The maximum absolute atomic E-state index is 13.1. The number of amides is 1. The number of para-hydroxylation sites is 1. The van der Waals surface area contributed by atoms with Gasteiger partial charge in [-0.15, -0.1) is 0 Å². The molecule has 128 valence electrons. The van der Waals surface area contributed by atoms with E-state index >= 15 is 0 Å². The lowest BCUT2D eigenvalue weighted by Crippen LogP contribution is -2.29. The predicted molar refractivity (Wildman–Crippen MR) is 116 cm³/mol. The van der Waals surface area contributed by atoms with E-state index < -0.39 is 0 Å². The standard InChI is InChI=1S/C22H17NOS2/c1-14-7-5-8-15(2)20(14)23-21(24)19(26-22(23)25)13-17-11-6-10-16-9-3-4-12-18(16)17/h3-13H,1-2H3/b19-13-. The van der Waals surface area contributed by atoms with Crippen LogP contribution in [0.4, 0.5) is 5.69 Å². The lowest BCUT2D eigenvalue weighted by atomic mass is 10.0. The van der Waals surface area contributed by atoms with Crippen LogP contribution in [0.5, 0.6) is 0 Å². The molecule has 1 fully saturated rings. The molecule has 2 nitrogen and oxygen atoms in total. The first-order valence-electron chi connectivity index (χ1n) is 8.38. The van der Waals surface area contributed by atoms with Crippen molar-refractivity contribution in [1.82, 2.24) is 0 Å². The van der Waals surface area contributed by atoms with Crippen LogP contribution in [0.2, 0.25) is 0 Å². The highest BCUT2D eigenvalue weighted by Gasteiger charge is 2.34. The van der Waals surface area contributed by atoms with Crippen molar-refractivity contribution in [3.8, 4) is 0 Å². The second kappa shape index (κ2) is 6.71. The zero-order valence-electron chi connectivity index (χ0n) is 14.5. The summed E-state index contributed by atoms with van der Waals surface area (Å²) in [7, 11) is 0. The fraction of sp³-hybridized carbons (Fsp3) is 0.0909. The van der Waals surface area contributed by atoms with E-state index in [1.807, 2.05) is 62.4 Å². The number of hydrogen-bond acceptors (Lipinski definition) is 3. The molecular weight excluding hydrogens is 358 g/mol. The third-order valence-corrected chi connectivity index (χ3v) is 5.87. The summed E-state index contributed by atoms with van der Waals surface area (Å²) in [6, 6.07) is 20.3. The fourth-order valence-electron chi connectivity index (χ4n) is 3.34. The highest BCUT2D eigenvalue weighted by Crippen LogP contribution is 2.39. The second-order valence-corrected chi connectivity index (χ2v) is 8.00. The van der Waals surface area contributed by atoms with Crippen LogP contribution in [0.1, 0.15) is 16.7 Å². The third kappa shape index (κ3) is 2.85. The molecule has 0 bridgehead atoms. The van der Waals surface area contributed by atoms with Crippen LogP contribution in [0.15, 0.2) is 65.6 Å². The van der Waals surface area contributed by atoms with Gasteiger partial charge in [-0.05, 0) is 47.4 Å². The summed E-state index contributed by atoms with van der Waals surface area (Å²) < 4.78 is 0.582. The van der Waals surface area contributed by atoms with Crippen LogP contribution in [-0.4, -0.2) is 10.2 Å². The summed E-state index contributed by atoms with van der Waals surface area (Å²) in [4.78, 5) is 15.4. The Morgan fingerprint density at radius 2 is 1.58 bits per heavy atom. The smallest absolute Gasteiger partial charge is 0.268 e. The number of carbonyl (C=O) groups excluding carboxylic acids is 1. The van der Waals surface area contributed by atoms with Crippen molar-refractivity contribution >= 4 is 56.7 Å².